The standard InChI is InChI=1S/C23H19N3O2/c24-14-19-17(15-5-2-1-3-6-15)12-20-18-13-22-21(27-9-4-10-28-22)11-16(18)7-8-26(20)23(19)25/h1-3,5-6,11-13,25H,4,7-10H2/p+1. The van der Waals surface area contributed by atoms with Crippen LogP contribution in [-0.4, -0.2) is 13.2 Å². The molecule has 5 heteroatoms. The molecule has 1 aromatic heterocycles. The van der Waals surface area contributed by atoms with E-state index in [4.69, 9.17) is 15.2 Å². The van der Waals surface area contributed by atoms with Gasteiger partial charge < -0.3 is 9.47 Å². The number of fused-ring (bicyclic) bond motifs is 4. The molecule has 0 saturated carbocycles. The number of hydrogen-bond acceptors (Lipinski definition) is 4. The van der Waals surface area contributed by atoms with Crippen LogP contribution < -0.4 is 19.8 Å². The third kappa shape index (κ3) is 2.57. The molecule has 3 aromatic rings. The van der Waals surface area contributed by atoms with Crippen molar-refractivity contribution in [3.63, 3.8) is 0 Å². The zero-order chi connectivity index (χ0) is 19.1. The molecule has 0 aliphatic carbocycles. The first-order valence-electron chi connectivity index (χ1n) is 9.51. The number of pyridine rings is 1. The average molecular weight is 370 g/mol. The van der Waals surface area contributed by atoms with E-state index in [1.165, 1.54) is 5.56 Å². The Balaban J connectivity index is 1.75. The van der Waals surface area contributed by atoms with Gasteiger partial charge in [-0.25, -0.2) is 4.57 Å². The SMILES string of the molecule is N#Cc1c(-c2ccccc2)cc2[n+](c1N)CCc1cc3c(cc1-2)OCCCO3. The number of hydrogen-bond donors (Lipinski definition) is 1. The van der Waals surface area contributed by atoms with E-state index in [0.29, 0.717) is 24.6 Å². The maximum atomic E-state index is 9.77. The molecule has 0 fully saturated rings. The summed E-state index contributed by atoms with van der Waals surface area (Å²) < 4.78 is 13.8. The third-order valence-electron chi connectivity index (χ3n) is 5.44. The first kappa shape index (κ1) is 16.6. The van der Waals surface area contributed by atoms with Crippen molar-refractivity contribution in [1.29, 1.82) is 5.26 Å². The Kier molecular flexibility index (Phi) is 3.91. The summed E-state index contributed by atoms with van der Waals surface area (Å²) in [5.74, 6) is 2.10. The van der Waals surface area contributed by atoms with E-state index < -0.39 is 0 Å². The van der Waals surface area contributed by atoms with Gasteiger partial charge in [0.15, 0.2) is 11.5 Å². The number of benzene rings is 2. The Morgan fingerprint density at radius 3 is 2.46 bits per heavy atom. The predicted molar refractivity (Wildman–Crippen MR) is 106 cm³/mol. The van der Waals surface area contributed by atoms with E-state index in [1.807, 2.05) is 34.9 Å². The smallest absolute Gasteiger partial charge is 0.291 e. The van der Waals surface area contributed by atoms with Gasteiger partial charge in [0.25, 0.3) is 5.82 Å². The second-order valence-corrected chi connectivity index (χ2v) is 7.09. The van der Waals surface area contributed by atoms with Crippen LogP contribution in [0.3, 0.4) is 0 Å². The Bertz CT molecular complexity index is 1120. The van der Waals surface area contributed by atoms with Crippen LogP contribution in [0.2, 0.25) is 0 Å². The van der Waals surface area contributed by atoms with Gasteiger partial charge in [0.1, 0.15) is 17.3 Å². The molecule has 5 nitrogen and oxygen atoms in total. The molecule has 0 bridgehead atoms. The molecular weight excluding hydrogens is 350 g/mol. The molecule has 2 aromatic carbocycles. The quantitative estimate of drug-likeness (QED) is 0.666. The van der Waals surface area contributed by atoms with Crippen LogP contribution >= 0.6 is 0 Å². The fraction of sp³-hybridized carbons (Fsp3) is 0.217. The Hall–Kier alpha value is -3.52. The van der Waals surface area contributed by atoms with E-state index in [2.05, 4.69) is 24.3 Å². The summed E-state index contributed by atoms with van der Waals surface area (Å²) in [6.07, 6.45) is 1.71. The number of ether oxygens (including phenoxy) is 2. The molecule has 0 spiro atoms. The van der Waals surface area contributed by atoms with Gasteiger partial charge >= 0.3 is 0 Å². The monoisotopic (exact) mass is 370 g/mol. The van der Waals surface area contributed by atoms with Crippen molar-refractivity contribution in [1.82, 2.24) is 0 Å². The highest BCUT2D eigenvalue weighted by atomic mass is 16.5. The largest absolute Gasteiger partial charge is 0.490 e. The van der Waals surface area contributed by atoms with Crippen LogP contribution in [-0.2, 0) is 13.0 Å². The topological polar surface area (TPSA) is 72.2 Å². The van der Waals surface area contributed by atoms with Crippen LogP contribution in [0.4, 0.5) is 5.82 Å². The molecule has 138 valence electrons. The van der Waals surface area contributed by atoms with Crippen molar-refractivity contribution >= 4 is 5.82 Å². The lowest BCUT2D eigenvalue weighted by molar-refractivity contribution is -0.673. The van der Waals surface area contributed by atoms with Gasteiger partial charge in [0.05, 0.1) is 19.8 Å². The number of nitrogens with zero attached hydrogens (tertiary/aromatic N) is 2. The molecule has 2 aliphatic heterocycles. The van der Waals surface area contributed by atoms with Crippen molar-refractivity contribution in [3.8, 4) is 40.0 Å². The van der Waals surface area contributed by atoms with Gasteiger partial charge in [-0.05, 0) is 29.3 Å². The number of nitrogens with two attached hydrogens (primary N) is 1. The molecular formula is C23H20N3O2+. The van der Waals surface area contributed by atoms with Crippen molar-refractivity contribution in [2.45, 2.75) is 19.4 Å². The summed E-state index contributed by atoms with van der Waals surface area (Å²) in [5, 5.41) is 9.77. The van der Waals surface area contributed by atoms with E-state index >= 15 is 0 Å². The van der Waals surface area contributed by atoms with Crippen molar-refractivity contribution in [3.05, 3.63) is 59.7 Å². The highest BCUT2D eigenvalue weighted by Crippen LogP contribution is 2.40. The van der Waals surface area contributed by atoms with Crippen LogP contribution in [0.25, 0.3) is 22.4 Å². The van der Waals surface area contributed by atoms with Gasteiger partial charge in [-0.15, -0.1) is 0 Å². The molecule has 0 radical (unpaired) electrons. The summed E-state index contributed by atoms with van der Waals surface area (Å²) in [6.45, 7) is 2.06. The molecule has 28 heavy (non-hydrogen) atoms. The van der Waals surface area contributed by atoms with Crippen molar-refractivity contribution in [2.75, 3.05) is 18.9 Å². The Morgan fingerprint density at radius 2 is 1.71 bits per heavy atom. The molecule has 5 rings (SSSR count). The van der Waals surface area contributed by atoms with E-state index in [1.54, 1.807) is 0 Å². The first-order valence-corrected chi connectivity index (χ1v) is 9.51. The molecule has 0 unspecified atom stereocenters. The summed E-state index contributed by atoms with van der Waals surface area (Å²) in [5.41, 5.74) is 12.1. The molecule has 2 aliphatic rings. The normalized spacial score (nSPS) is 14.4. The van der Waals surface area contributed by atoms with Crippen molar-refractivity contribution < 1.29 is 14.0 Å². The van der Waals surface area contributed by atoms with E-state index in [0.717, 1.165) is 53.3 Å². The lowest BCUT2D eigenvalue weighted by Crippen LogP contribution is -2.44. The van der Waals surface area contributed by atoms with Gasteiger partial charge in [0.2, 0.25) is 0 Å². The molecule has 0 atom stereocenters. The number of nitriles is 1. The number of anilines is 1. The average Bonchev–Trinajstić information content (AvgIpc) is 2.97. The summed E-state index contributed by atoms with van der Waals surface area (Å²) >= 11 is 0. The minimum atomic E-state index is 0.511. The highest BCUT2D eigenvalue weighted by molar-refractivity contribution is 5.79. The lowest BCUT2D eigenvalue weighted by Gasteiger charge is -2.22. The number of aryl methyl sites for hydroxylation is 1. The molecule has 2 N–H and O–H groups in total. The first-order chi connectivity index (χ1) is 13.8. The van der Waals surface area contributed by atoms with Crippen LogP contribution in [0.1, 0.15) is 17.5 Å². The maximum Gasteiger partial charge on any atom is 0.291 e. The van der Waals surface area contributed by atoms with Gasteiger partial charge in [-0.2, -0.15) is 5.26 Å². The fourth-order valence-corrected chi connectivity index (χ4v) is 4.04. The van der Waals surface area contributed by atoms with Gasteiger partial charge in [-0.1, -0.05) is 30.3 Å². The van der Waals surface area contributed by atoms with Gasteiger partial charge in [-0.3, -0.25) is 5.73 Å². The van der Waals surface area contributed by atoms with Crippen LogP contribution in [0, 0.1) is 11.3 Å². The number of aromatic nitrogens is 1. The van der Waals surface area contributed by atoms with E-state index in [9.17, 15) is 5.26 Å². The molecule has 0 amide bonds. The van der Waals surface area contributed by atoms with Gasteiger partial charge in [0, 0.05) is 24.0 Å². The summed E-state index contributed by atoms with van der Waals surface area (Å²) in [7, 11) is 0. The molecule has 3 heterocycles. The fourth-order valence-electron chi connectivity index (χ4n) is 4.04. The Labute approximate surface area is 163 Å². The minimum absolute atomic E-state index is 0.511. The number of nitrogen functional groups attached to an aromatic ring is 1. The highest BCUT2D eigenvalue weighted by Gasteiger charge is 2.29. The zero-order valence-electron chi connectivity index (χ0n) is 15.4. The third-order valence-corrected chi connectivity index (χ3v) is 5.44. The summed E-state index contributed by atoms with van der Waals surface area (Å²) in [4.78, 5) is 0. The molecule has 0 saturated heterocycles. The Morgan fingerprint density at radius 1 is 0.964 bits per heavy atom. The second kappa shape index (κ2) is 6.58. The maximum absolute atomic E-state index is 9.77. The van der Waals surface area contributed by atoms with Crippen LogP contribution in [0.5, 0.6) is 11.5 Å². The van der Waals surface area contributed by atoms with Crippen LogP contribution in [0.15, 0.2) is 48.5 Å². The predicted octanol–water partition coefficient (Wildman–Crippen LogP) is 3.48. The summed E-state index contributed by atoms with van der Waals surface area (Å²) in [6, 6.07) is 18.4. The van der Waals surface area contributed by atoms with E-state index in [-0.39, 0.29) is 0 Å². The lowest BCUT2D eigenvalue weighted by atomic mass is 9.92. The minimum Gasteiger partial charge on any atom is -0.490 e. The second-order valence-electron chi connectivity index (χ2n) is 7.09. The zero-order valence-corrected chi connectivity index (χ0v) is 15.4. The number of rotatable bonds is 1. The van der Waals surface area contributed by atoms with Crippen molar-refractivity contribution in [2.24, 2.45) is 0 Å².